The Morgan fingerprint density at radius 1 is 0.944 bits per heavy atom. The Labute approximate surface area is 206 Å². The van der Waals surface area contributed by atoms with Gasteiger partial charge >= 0.3 is 6.18 Å². The lowest BCUT2D eigenvalue weighted by molar-refractivity contribution is -0.140. The van der Waals surface area contributed by atoms with Gasteiger partial charge in [-0.1, -0.05) is 49.0 Å². The molecule has 2 heterocycles. The van der Waals surface area contributed by atoms with Crippen LogP contribution in [0.3, 0.4) is 0 Å². The van der Waals surface area contributed by atoms with Crippen LogP contribution in [0.4, 0.5) is 18.9 Å². The molecule has 1 aliphatic carbocycles. The first-order chi connectivity index (χ1) is 17.3. The fourth-order valence-electron chi connectivity index (χ4n) is 4.75. The van der Waals surface area contributed by atoms with E-state index in [1.54, 1.807) is 36.5 Å². The Bertz CT molecular complexity index is 1440. The minimum Gasteiger partial charge on any atom is -0.359 e. The highest BCUT2D eigenvalue weighted by molar-refractivity contribution is 5.96. The lowest BCUT2D eigenvalue weighted by Crippen LogP contribution is -2.38. The molecule has 0 aliphatic heterocycles. The van der Waals surface area contributed by atoms with Crippen molar-refractivity contribution < 1.29 is 18.0 Å². The first kappa shape index (κ1) is 23.8. The maximum atomic E-state index is 13.4. The highest BCUT2D eigenvalue weighted by Crippen LogP contribution is 2.35. The van der Waals surface area contributed by atoms with Crippen molar-refractivity contribution in [2.75, 3.05) is 5.32 Å². The number of carbonyl (C=O) groups is 1. The molecule has 36 heavy (non-hydrogen) atoms. The van der Waals surface area contributed by atoms with E-state index in [-0.39, 0.29) is 23.4 Å². The van der Waals surface area contributed by atoms with Gasteiger partial charge in [0.05, 0.1) is 5.52 Å². The van der Waals surface area contributed by atoms with Crippen molar-refractivity contribution in [3.63, 3.8) is 0 Å². The second kappa shape index (κ2) is 9.60. The number of aromatic nitrogens is 2. The van der Waals surface area contributed by atoms with Crippen LogP contribution in [0.1, 0.15) is 41.9 Å². The van der Waals surface area contributed by atoms with Crippen molar-refractivity contribution in [2.24, 2.45) is 5.92 Å². The van der Waals surface area contributed by atoms with E-state index in [4.69, 9.17) is 0 Å². The second-order valence-electron chi connectivity index (χ2n) is 9.16. The Balaban J connectivity index is 1.22. The summed E-state index contributed by atoms with van der Waals surface area (Å²) in [6.45, 7) is 4.12. The number of halogens is 3. The van der Waals surface area contributed by atoms with E-state index in [1.165, 1.54) is 0 Å². The van der Waals surface area contributed by atoms with E-state index in [0.717, 1.165) is 42.5 Å². The molecule has 1 saturated carbocycles. The van der Waals surface area contributed by atoms with Crippen LogP contribution in [0.2, 0.25) is 0 Å². The molecular formula is C28H25F3N4O. The molecular weight excluding hydrogens is 465 g/mol. The predicted octanol–water partition coefficient (Wildman–Crippen LogP) is 6.72. The smallest absolute Gasteiger partial charge is 0.359 e. The molecule has 1 amide bonds. The molecule has 0 saturated heterocycles. The summed E-state index contributed by atoms with van der Waals surface area (Å²) in [6, 6.07) is 17.3. The Kier molecular flexibility index (Phi) is 6.35. The summed E-state index contributed by atoms with van der Waals surface area (Å²) in [5.41, 5.74) is 0.727. The Morgan fingerprint density at radius 3 is 2.39 bits per heavy atom. The third-order valence-corrected chi connectivity index (χ3v) is 6.72. The highest BCUT2D eigenvalue weighted by atomic mass is 19.4. The van der Waals surface area contributed by atoms with Crippen molar-refractivity contribution >= 4 is 33.3 Å². The first-order valence-electron chi connectivity index (χ1n) is 11.9. The lowest BCUT2D eigenvalue weighted by Gasteiger charge is -2.31. The predicted molar refractivity (Wildman–Crippen MR) is 134 cm³/mol. The molecule has 0 radical (unpaired) electrons. The summed E-state index contributed by atoms with van der Waals surface area (Å²) in [5.74, 6) is -0.123. The number of hydrogen-bond acceptors (Lipinski definition) is 4. The summed E-state index contributed by atoms with van der Waals surface area (Å²) in [6.07, 6.45) is 0.168. The standard InChI is InChI=1S/C28H25F3N4O/c1-17(33-24-15-26(28(29,30)31)35-23-9-5-4-8-22(23)24)18-10-12-21(13-11-18)34-27(36)25-14-19-6-2-3-7-20(19)16-32-25/h2-9,14-16,18,21H,1,10-13H2,(H,33,35)(H,34,36). The molecule has 1 fully saturated rings. The van der Waals surface area contributed by atoms with Crippen LogP contribution in [0, 0.1) is 5.92 Å². The van der Waals surface area contributed by atoms with E-state index >= 15 is 0 Å². The van der Waals surface area contributed by atoms with Gasteiger partial charge in [-0.25, -0.2) is 4.98 Å². The zero-order valence-corrected chi connectivity index (χ0v) is 19.5. The average Bonchev–Trinajstić information content (AvgIpc) is 2.88. The molecule has 5 rings (SSSR count). The van der Waals surface area contributed by atoms with Gasteiger partial charge in [-0.3, -0.25) is 9.78 Å². The summed E-state index contributed by atoms with van der Waals surface area (Å²) >= 11 is 0. The van der Waals surface area contributed by atoms with Gasteiger partial charge in [0.25, 0.3) is 5.91 Å². The molecule has 184 valence electrons. The van der Waals surface area contributed by atoms with Gasteiger partial charge in [-0.05, 0) is 55.2 Å². The Hall–Kier alpha value is -3.94. The van der Waals surface area contributed by atoms with E-state index in [2.05, 4.69) is 27.2 Å². The molecule has 5 nitrogen and oxygen atoms in total. The summed E-state index contributed by atoms with van der Waals surface area (Å²) < 4.78 is 40.1. The molecule has 4 aromatic rings. The third kappa shape index (κ3) is 5.03. The van der Waals surface area contributed by atoms with Crippen LogP contribution in [-0.2, 0) is 6.18 Å². The average molecular weight is 491 g/mol. The number of carbonyl (C=O) groups excluding carboxylic acids is 1. The number of anilines is 1. The van der Waals surface area contributed by atoms with E-state index in [0.29, 0.717) is 22.5 Å². The number of rotatable bonds is 5. The molecule has 1 aliphatic rings. The van der Waals surface area contributed by atoms with Crippen molar-refractivity contribution in [3.8, 4) is 0 Å². The van der Waals surface area contributed by atoms with Crippen LogP contribution in [-0.4, -0.2) is 21.9 Å². The largest absolute Gasteiger partial charge is 0.433 e. The maximum absolute atomic E-state index is 13.4. The Morgan fingerprint density at radius 2 is 1.64 bits per heavy atom. The van der Waals surface area contributed by atoms with Gasteiger partial charge < -0.3 is 10.6 Å². The molecule has 0 spiro atoms. The minimum atomic E-state index is -4.54. The summed E-state index contributed by atoms with van der Waals surface area (Å²) in [7, 11) is 0. The van der Waals surface area contributed by atoms with Gasteiger partial charge in [-0.15, -0.1) is 0 Å². The number of nitrogens with one attached hydrogen (secondary N) is 2. The number of hydrogen-bond donors (Lipinski definition) is 2. The van der Waals surface area contributed by atoms with Crippen LogP contribution in [0.5, 0.6) is 0 Å². The maximum Gasteiger partial charge on any atom is 0.433 e. The number of amides is 1. The van der Waals surface area contributed by atoms with E-state index in [9.17, 15) is 18.0 Å². The summed E-state index contributed by atoms with van der Waals surface area (Å²) in [4.78, 5) is 20.8. The van der Waals surface area contributed by atoms with Crippen molar-refractivity contribution in [1.82, 2.24) is 15.3 Å². The highest BCUT2D eigenvalue weighted by Gasteiger charge is 2.33. The number of allylic oxidation sites excluding steroid dienone is 1. The molecule has 0 unspecified atom stereocenters. The van der Waals surface area contributed by atoms with Gasteiger partial charge in [0.1, 0.15) is 11.4 Å². The van der Waals surface area contributed by atoms with Crippen molar-refractivity contribution in [1.29, 1.82) is 0 Å². The number of nitrogens with zero attached hydrogens (tertiary/aromatic N) is 2. The number of para-hydroxylation sites is 1. The monoisotopic (exact) mass is 490 g/mol. The van der Waals surface area contributed by atoms with Crippen LogP contribution < -0.4 is 10.6 Å². The fourth-order valence-corrected chi connectivity index (χ4v) is 4.75. The van der Waals surface area contributed by atoms with Gasteiger partial charge in [0.15, 0.2) is 0 Å². The quantitative estimate of drug-likeness (QED) is 0.326. The summed E-state index contributed by atoms with van der Waals surface area (Å²) in [5, 5.41) is 8.75. The minimum absolute atomic E-state index is 0.00778. The number of benzene rings is 2. The first-order valence-corrected chi connectivity index (χ1v) is 11.9. The third-order valence-electron chi connectivity index (χ3n) is 6.72. The number of pyridine rings is 2. The topological polar surface area (TPSA) is 66.9 Å². The number of alkyl halides is 3. The normalized spacial score (nSPS) is 18.2. The van der Waals surface area contributed by atoms with E-state index in [1.807, 2.05) is 24.3 Å². The van der Waals surface area contributed by atoms with E-state index < -0.39 is 11.9 Å². The molecule has 2 N–H and O–H groups in total. The van der Waals surface area contributed by atoms with Crippen molar-refractivity contribution in [2.45, 2.75) is 37.9 Å². The molecule has 8 heteroatoms. The van der Waals surface area contributed by atoms with Crippen LogP contribution in [0.25, 0.3) is 21.7 Å². The zero-order valence-electron chi connectivity index (χ0n) is 19.5. The van der Waals surface area contributed by atoms with Gasteiger partial charge in [0, 0.05) is 34.4 Å². The molecule has 2 aromatic heterocycles. The fraction of sp³-hybridized carbons (Fsp3) is 0.250. The zero-order chi connectivity index (χ0) is 25.3. The van der Waals surface area contributed by atoms with Crippen molar-refractivity contribution in [3.05, 3.63) is 90.5 Å². The van der Waals surface area contributed by atoms with Gasteiger partial charge in [-0.2, -0.15) is 13.2 Å². The SMILES string of the molecule is C=C(Nc1cc(C(F)(F)F)nc2ccccc12)C1CCC(NC(=O)c2cc3ccccc3cn2)CC1. The molecule has 0 bridgehead atoms. The van der Waals surface area contributed by atoms with Crippen LogP contribution in [0.15, 0.2) is 79.1 Å². The second-order valence-corrected chi connectivity index (χ2v) is 9.16. The molecule has 0 atom stereocenters. The number of fused-ring (bicyclic) bond motifs is 2. The van der Waals surface area contributed by atoms with Gasteiger partial charge in [0.2, 0.25) is 0 Å². The lowest BCUT2D eigenvalue weighted by atomic mass is 9.84. The van der Waals surface area contributed by atoms with Crippen LogP contribution >= 0.6 is 0 Å². The molecule has 2 aromatic carbocycles.